The third-order valence-corrected chi connectivity index (χ3v) is 4.29. The largest absolute Gasteiger partial charge is 0.334 e. The minimum atomic E-state index is 0.0690. The molecule has 0 radical (unpaired) electrons. The fourth-order valence-electron chi connectivity index (χ4n) is 3.14. The van der Waals surface area contributed by atoms with Gasteiger partial charge in [0.2, 0.25) is 0 Å². The molecule has 1 aromatic carbocycles. The Hall–Kier alpha value is -1.94. The molecule has 0 aliphatic carbocycles. The number of carbonyl (C=O) groups is 1. The van der Waals surface area contributed by atoms with Gasteiger partial charge in [-0.15, -0.1) is 0 Å². The van der Waals surface area contributed by atoms with Crippen molar-refractivity contribution in [3.63, 3.8) is 0 Å². The molecule has 1 N–H and O–H groups in total. The molecule has 1 fully saturated rings. The number of hydrogen-bond donors (Lipinski definition) is 1. The summed E-state index contributed by atoms with van der Waals surface area (Å²) in [4.78, 5) is 19.5. The summed E-state index contributed by atoms with van der Waals surface area (Å²) in [7, 11) is 0. The summed E-state index contributed by atoms with van der Waals surface area (Å²) < 4.78 is 0. The van der Waals surface area contributed by atoms with E-state index in [0.717, 1.165) is 49.8 Å². The highest BCUT2D eigenvalue weighted by molar-refractivity contribution is 5.95. The first-order valence-corrected chi connectivity index (χ1v) is 8.17. The summed E-state index contributed by atoms with van der Waals surface area (Å²) in [6.45, 7) is 4.90. The van der Waals surface area contributed by atoms with E-state index >= 15 is 0 Å². The zero-order valence-corrected chi connectivity index (χ0v) is 13.1. The molecule has 0 bridgehead atoms. The molecule has 0 unspecified atom stereocenters. The maximum absolute atomic E-state index is 12.9. The Morgan fingerprint density at radius 1 is 1.23 bits per heavy atom. The summed E-state index contributed by atoms with van der Waals surface area (Å²) >= 11 is 0. The van der Waals surface area contributed by atoms with Gasteiger partial charge in [0.25, 0.3) is 5.91 Å². The van der Waals surface area contributed by atoms with Gasteiger partial charge in [0, 0.05) is 18.0 Å². The van der Waals surface area contributed by atoms with Crippen molar-refractivity contribution in [1.82, 2.24) is 15.2 Å². The van der Waals surface area contributed by atoms with E-state index in [-0.39, 0.29) is 5.91 Å². The average Bonchev–Trinajstić information content (AvgIpc) is 2.59. The van der Waals surface area contributed by atoms with Gasteiger partial charge in [-0.05, 0) is 44.5 Å². The SMILES string of the molecule is CCCN(C(=O)c1ccc2ccccc2n1)C1CCNCC1. The van der Waals surface area contributed by atoms with Crippen LogP contribution < -0.4 is 5.32 Å². The van der Waals surface area contributed by atoms with Crippen LogP contribution in [0, 0.1) is 0 Å². The maximum atomic E-state index is 12.9. The molecule has 1 aliphatic heterocycles. The zero-order valence-electron chi connectivity index (χ0n) is 13.1. The first kappa shape index (κ1) is 15.0. The predicted molar refractivity (Wildman–Crippen MR) is 89.0 cm³/mol. The van der Waals surface area contributed by atoms with Crippen molar-refractivity contribution in [2.75, 3.05) is 19.6 Å². The smallest absolute Gasteiger partial charge is 0.272 e. The summed E-state index contributed by atoms with van der Waals surface area (Å²) in [6.07, 6.45) is 3.03. The highest BCUT2D eigenvalue weighted by atomic mass is 16.2. The van der Waals surface area contributed by atoms with Gasteiger partial charge >= 0.3 is 0 Å². The van der Waals surface area contributed by atoms with Crippen LogP contribution in [0.15, 0.2) is 36.4 Å². The number of pyridine rings is 1. The van der Waals surface area contributed by atoms with Crippen LogP contribution in [0.3, 0.4) is 0 Å². The van der Waals surface area contributed by atoms with Gasteiger partial charge < -0.3 is 10.2 Å². The molecule has 116 valence electrons. The first-order chi connectivity index (χ1) is 10.8. The number of fused-ring (bicyclic) bond motifs is 1. The lowest BCUT2D eigenvalue weighted by atomic mass is 10.0. The molecular weight excluding hydrogens is 274 g/mol. The van der Waals surface area contributed by atoms with Crippen molar-refractivity contribution >= 4 is 16.8 Å². The van der Waals surface area contributed by atoms with Gasteiger partial charge in [-0.2, -0.15) is 0 Å². The Morgan fingerprint density at radius 2 is 2.00 bits per heavy atom. The first-order valence-electron chi connectivity index (χ1n) is 8.17. The number of carbonyl (C=O) groups excluding carboxylic acids is 1. The van der Waals surface area contributed by atoms with Crippen LogP contribution in [0.5, 0.6) is 0 Å². The molecule has 22 heavy (non-hydrogen) atoms. The average molecular weight is 297 g/mol. The predicted octanol–water partition coefficient (Wildman–Crippen LogP) is 2.84. The zero-order chi connectivity index (χ0) is 15.4. The van der Waals surface area contributed by atoms with E-state index in [1.54, 1.807) is 0 Å². The van der Waals surface area contributed by atoms with Crippen molar-refractivity contribution in [3.8, 4) is 0 Å². The Balaban J connectivity index is 1.87. The van der Waals surface area contributed by atoms with Gasteiger partial charge in [0.15, 0.2) is 0 Å². The molecule has 2 aromatic rings. The Bertz CT molecular complexity index is 650. The van der Waals surface area contributed by atoms with Gasteiger partial charge in [0.1, 0.15) is 5.69 Å². The van der Waals surface area contributed by atoms with Crippen molar-refractivity contribution in [2.24, 2.45) is 0 Å². The minimum Gasteiger partial charge on any atom is -0.334 e. The highest BCUT2D eigenvalue weighted by Crippen LogP contribution is 2.18. The molecule has 4 heteroatoms. The fraction of sp³-hybridized carbons (Fsp3) is 0.444. The molecule has 1 aromatic heterocycles. The lowest BCUT2D eigenvalue weighted by molar-refractivity contribution is 0.0637. The normalized spacial score (nSPS) is 15.9. The topological polar surface area (TPSA) is 45.2 Å². The lowest BCUT2D eigenvalue weighted by Crippen LogP contribution is -2.46. The minimum absolute atomic E-state index is 0.0690. The van der Waals surface area contributed by atoms with Crippen LogP contribution in [-0.4, -0.2) is 41.5 Å². The summed E-state index contributed by atoms with van der Waals surface area (Å²) in [6, 6.07) is 12.1. The number of amides is 1. The maximum Gasteiger partial charge on any atom is 0.272 e. The van der Waals surface area contributed by atoms with Gasteiger partial charge in [0.05, 0.1) is 5.52 Å². The molecule has 1 aliphatic rings. The van der Waals surface area contributed by atoms with Gasteiger partial charge in [-0.25, -0.2) is 4.98 Å². The van der Waals surface area contributed by atoms with E-state index < -0.39 is 0 Å². The third kappa shape index (κ3) is 3.12. The number of aromatic nitrogens is 1. The number of hydrogen-bond acceptors (Lipinski definition) is 3. The number of benzene rings is 1. The van der Waals surface area contributed by atoms with Crippen LogP contribution in [0.4, 0.5) is 0 Å². The Morgan fingerprint density at radius 3 is 2.77 bits per heavy atom. The van der Waals surface area contributed by atoms with E-state index in [1.165, 1.54) is 0 Å². The van der Waals surface area contributed by atoms with E-state index in [0.29, 0.717) is 11.7 Å². The summed E-state index contributed by atoms with van der Waals surface area (Å²) in [5.74, 6) is 0.0690. The lowest BCUT2D eigenvalue weighted by Gasteiger charge is -2.34. The number of nitrogens with one attached hydrogen (secondary N) is 1. The second kappa shape index (κ2) is 6.88. The van der Waals surface area contributed by atoms with Crippen LogP contribution in [0.2, 0.25) is 0 Å². The van der Waals surface area contributed by atoms with E-state index in [9.17, 15) is 4.79 Å². The summed E-state index contributed by atoms with van der Waals surface area (Å²) in [5.41, 5.74) is 1.45. The standard InChI is InChI=1S/C18H23N3O/c1-2-13-21(15-9-11-19-12-10-15)18(22)17-8-7-14-5-3-4-6-16(14)20-17/h3-8,15,19H,2,9-13H2,1H3. The molecule has 2 heterocycles. The molecule has 0 atom stereocenters. The Labute approximate surface area is 131 Å². The second-order valence-electron chi connectivity index (χ2n) is 5.87. The molecule has 1 saturated heterocycles. The monoisotopic (exact) mass is 297 g/mol. The van der Waals surface area contributed by atoms with Crippen molar-refractivity contribution < 1.29 is 4.79 Å². The highest BCUT2D eigenvalue weighted by Gasteiger charge is 2.26. The van der Waals surface area contributed by atoms with Crippen LogP contribution in [0.1, 0.15) is 36.7 Å². The van der Waals surface area contributed by atoms with E-state index in [2.05, 4.69) is 17.2 Å². The van der Waals surface area contributed by atoms with Crippen LogP contribution >= 0.6 is 0 Å². The van der Waals surface area contributed by atoms with Gasteiger partial charge in [-0.1, -0.05) is 31.2 Å². The molecule has 1 amide bonds. The molecule has 3 rings (SSSR count). The molecule has 4 nitrogen and oxygen atoms in total. The number of rotatable bonds is 4. The number of para-hydroxylation sites is 1. The summed E-state index contributed by atoms with van der Waals surface area (Å²) in [5, 5.41) is 4.43. The molecule has 0 spiro atoms. The van der Waals surface area contributed by atoms with Crippen molar-refractivity contribution in [1.29, 1.82) is 0 Å². The third-order valence-electron chi connectivity index (χ3n) is 4.29. The van der Waals surface area contributed by atoms with Crippen molar-refractivity contribution in [2.45, 2.75) is 32.2 Å². The van der Waals surface area contributed by atoms with E-state index in [1.807, 2.05) is 41.3 Å². The quantitative estimate of drug-likeness (QED) is 0.944. The molecule has 0 saturated carbocycles. The van der Waals surface area contributed by atoms with Crippen LogP contribution in [-0.2, 0) is 0 Å². The van der Waals surface area contributed by atoms with Crippen molar-refractivity contribution in [3.05, 3.63) is 42.1 Å². The number of nitrogens with zero attached hydrogens (tertiary/aromatic N) is 2. The van der Waals surface area contributed by atoms with E-state index in [4.69, 9.17) is 0 Å². The van der Waals surface area contributed by atoms with Gasteiger partial charge in [-0.3, -0.25) is 4.79 Å². The fourth-order valence-corrected chi connectivity index (χ4v) is 3.14. The molecular formula is C18H23N3O. The van der Waals surface area contributed by atoms with Crippen LogP contribution in [0.25, 0.3) is 10.9 Å². The second-order valence-corrected chi connectivity index (χ2v) is 5.87. The number of piperidine rings is 1. The Kier molecular flexibility index (Phi) is 4.68.